The van der Waals surface area contributed by atoms with E-state index in [1.807, 2.05) is 18.2 Å². The van der Waals surface area contributed by atoms with Crippen LogP contribution in [0.25, 0.3) is 11.1 Å². The van der Waals surface area contributed by atoms with Crippen LogP contribution in [0.5, 0.6) is 0 Å². The molecular weight excluding hydrogens is 250 g/mol. The molecule has 0 spiro atoms. The lowest BCUT2D eigenvalue weighted by Gasteiger charge is -2.22. The quantitative estimate of drug-likeness (QED) is 0.927. The predicted molar refractivity (Wildman–Crippen MR) is 77.8 cm³/mol. The van der Waals surface area contributed by atoms with E-state index in [-0.39, 0.29) is 12.1 Å². The molecule has 2 aromatic rings. The number of aromatic nitrogens is 1. The summed E-state index contributed by atoms with van der Waals surface area (Å²) in [6.45, 7) is 3.39. The first-order valence-corrected chi connectivity index (χ1v) is 6.81. The number of carbonyl (C=O) groups excluding carboxylic acids is 1. The van der Waals surface area contributed by atoms with E-state index < -0.39 is 0 Å². The lowest BCUT2D eigenvalue weighted by Crippen LogP contribution is -2.27. The number of hydrogen-bond acceptors (Lipinski definition) is 3. The van der Waals surface area contributed by atoms with E-state index in [1.54, 1.807) is 12.4 Å². The molecule has 1 aliphatic rings. The van der Waals surface area contributed by atoms with E-state index >= 15 is 0 Å². The van der Waals surface area contributed by atoms with Gasteiger partial charge in [0.2, 0.25) is 5.91 Å². The smallest absolute Gasteiger partial charge is 0.235 e. The molecule has 1 unspecified atom stereocenters. The first kappa shape index (κ1) is 12.8. The molecule has 1 aromatic carbocycles. The molecule has 0 radical (unpaired) electrons. The molecule has 1 saturated heterocycles. The largest absolute Gasteiger partial charge is 0.335 e. The Hall–Kier alpha value is -2.20. The molecule has 1 amide bonds. The van der Waals surface area contributed by atoms with Crippen LogP contribution in [0.1, 0.15) is 18.7 Å². The highest BCUT2D eigenvalue weighted by molar-refractivity contribution is 5.80. The Kier molecular flexibility index (Phi) is 3.48. The van der Waals surface area contributed by atoms with Crippen molar-refractivity contribution in [2.75, 3.05) is 13.1 Å². The van der Waals surface area contributed by atoms with Crippen LogP contribution in [-0.4, -0.2) is 28.9 Å². The molecule has 0 bridgehead atoms. The van der Waals surface area contributed by atoms with Crippen molar-refractivity contribution in [1.82, 2.24) is 15.2 Å². The third-order valence-corrected chi connectivity index (χ3v) is 3.63. The van der Waals surface area contributed by atoms with Crippen LogP contribution >= 0.6 is 0 Å². The topological polar surface area (TPSA) is 45.2 Å². The number of likely N-dealkylation sites (N-methyl/N-ethyl adjacent to an activating group) is 1. The highest BCUT2D eigenvalue weighted by Crippen LogP contribution is 2.26. The van der Waals surface area contributed by atoms with Crippen molar-refractivity contribution in [2.45, 2.75) is 13.1 Å². The van der Waals surface area contributed by atoms with Crippen LogP contribution in [0.4, 0.5) is 0 Å². The number of nitrogens with zero attached hydrogens (tertiary/aromatic N) is 2. The lowest BCUT2D eigenvalue weighted by atomic mass is 10.0. The zero-order valence-corrected chi connectivity index (χ0v) is 11.4. The first-order valence-electron chi connectivity index (χ1n) is 6.81. The van der Waals surface area contributed by atoms with E-state index in [4.69, 9.17) is 0 Å². The van der Waals surface area contributed by atoms with Crippen molar-refractivity contribution in [3.63, 3.8) is 0 Å². The molecule has 3 rings (SSSR count). The normalized spacial score (nSPS) is 19.1. The van der Waals surface area contributed by atoms with E-state index in [1.165, 1.54) is 0 Å². The molecule has 1 aliphatic heterocycles. The Balaban J connectivity index is 1.94. The second-order valence-corrected chi connectivity index (χ2v) is 4.89. The SMILES string of the molecule is CCN1CC(=O)NC1c1cccc(-c2ccncc2)c1. The first-order chi connectivity index (χ1) is 9.78. The van der Waals surface area contributed by atoms with Crippen molar-refractivity contribution in [2.24, 2.45) is 0 Å². The van der Waals surface area contributed by atoms with Gasteiger partial charge in [-0.1, -0.05) is 25.1 Å². The van der Waals surface area contributed by atoms with Crippen molar-refractivity contribution < 1.29 is 4.79 Å². The number of hydrogen-bond donors (Lipinski definition) is 1. The van der Waals surface area contributed by atoms with Gasteiger partial charge in [0.1, 0.15) is 6.17 Å². The fourth-order valence-corrected chi connectivity index (χ4v) is 2.59. The van der Waals surface area contributed by atoms with Gasteiger partial charge in [-0.05, 0) is 41.4 Å². The maximum absolute atomic E-state index is 11.6. The van der Waals surface area contributed by atoms with Gasteiger partial charge in [-0.2, -0.15) is 0 Å². The average molecular weight is 267 g/mol. The van der Waals surface area contributed by atoms with E-state index in [0.717, 1.165) is 23.2 Å². The number of carbonyl (C=O) groups is 1. The summed E-state index contributed by atoms with van der Waals surface area (Å²) >= 11 is 0. The summed E-state index contributed by atoms with van der Waals surface area (Å²) in [4.78, 5) is 17.8. The predicted octanol–water partition coefficient (Wildman–Crippen LogP) is 2.20. The molecule has 4 heteroatoms. The molecular formula is C16H17N3O. The molecule has 2 heterocycles. The molecule has 1 aromatic heterocycles. The molecule has 0 saturated carbocycles. The van der Waals surface area contributed by atoms with Crippen molar-refractivity contribution >= 4 is 5.91 Å². The summed E-state index contributed by atoms with van der Waals surface area (Å²) in [7, 11) is 0. The highest BCUT2D eigenvalue weighted by atomic mass is 16.2. The van der Waals surface area contributed by atoms with Gasteiger partial charge in [-0.15, -0.1) is 0 Å². The Labute approximate surface area is 118 Å². The standard InChI is InChI=1S/C16H17N3O/c1-2-19-11-15(20)18-16(19)14-5-3-4-13(10-14)12-6-8-17-9-7-12/h3-10,16H,2,11H2,1H3,(H,18,20). The summed E-state index contributed by atoms with van der Waals surface area (Å²) in [6.07, 6.45) is 3.56. The minimum Gasteiger partial charge on any atom is -0.335 e. The number of pyridine rings is 1. The van der Waals surface area contributed by atoms with Crippen molar-refractivity contribution in [3.8, 4) is 11.1 Å². The van der Waals surface area contributed by atoms with Crippen molar-refractivity contribution in [1.29, 1.82) is 0 Å². The third-order valence-electron chi connectivity index (χ3n) is 3.63. The number of benzene rings is 1. The Morgan fingerprint density at radius 3 is 2.80 bits per heavy atom. The van der Waals surface area contributed by atoms with Crippen molar-refractivity contribution in [3.05, 3.63) is 54.4 Å². The van der Waals surface area contributed by atoms with Gasteiger partial charge in [0.15, 0.2) is 0 Å². The lowest BCUT2D eigenvalue weighted by molar-refractivity contribution is -0.118. The molecule has 0 aliphatic carbocycles. The van der Waals surface area contributed by atoms with Gasteiger partial charge in [-0.3, -0.25) is 14.7 Å². The second-order valence-electron chi connectivity index (χ2n) is 4.89. The van der Waals surface area contributed by atoms with Gasteiger partial charge in [0.25, 0.3) is 0 Å². The van der Waals surface area contributed by atoms with Crippen LogP contribution < -0.4 is 5.32 Å². The van der Waals surface area contributed by atoms with Gasteiger partial charge < -0.3 is 5.32 Å². The molecule has 1 N–H and O–H groups in total. The van der Waals surface area contributed by atoms with E-state index in [2.05, 4.69) is 40.3 Å². The summed E-state index contributed by atoms with van der Waals surface area (Å²) < 4.78 is 0. The second kappa shape index (κ2) is 5.43. The number of rotatable bonds is 3. The van der Waals surface area contributed by atoms with Crippen LogP contribution in [0.3, 0.4) is 0 Å². The Morgan fingerprint density at radius 1 is 1.25 bits per heavy atom. The van der Waals surface area contributed by atoms with Crippen LogP contribution in [0.15, 0.2) is 48.8 Å². The zero-order chi connectivity index (χ0) is 13.9. The highest BCUT2D eigenvalue weighted by Gasteiger charge is 2.29. The monoisotopic (exact) mass is 267 g/mol. The van der Waals surface area contributed by atoms with E-state index in [9.17, 15) is 4.79 Å². The minimum atomic E-state index is -0.0192. The molecule has 20 heavy (non-hydrogen) atoms. The van der Waals surface area contributed by atoms with E-state index in [0.29, 0.717) is 6.54 Å². The molecule has 4 nitrogen and oxygen atoms in total. The zero-order valence-electron chi connectivity index (χ0n) is 11.4. The van der Waals surface area contributed by atoms with Gasteiger partial charge in [0.05, 0.1) is 6.54 Å². The number of nitrogens with one attached hydrogen (secondary N) is 1. The molecule has 1 atom stereocenters. The van der Waals surface area contributed by atoms with Gasteiger partial charge in [0, 0.05) is 12.4 Å². The average Bonchev–Trinajstić information content (AvgIpc) is 2.89. The maximum atomic E-state index is 11.6. The molecule has 102 valence electrons. The number of amides is 1. The summed E-state index contributed by atoms with van der Waals surface area (Å²) in [6, 6.07) is 12.3. The fraction of sp³-hybridized carbons (Fsp3) is 0.250. The van der Waals surface area contributed by atoms with Crippen LogP contribution in [-0.2, 0) is 4.79 Å². The maximum Gasteiger partial charge on any atom is 0.235 e. The van der Waals surface area contributed by atoms with Crippen LogP contribution in [0, 0.1) is 0 Å². The fourth-order valence-electron chi connectivity index (χ4n) is 2.59. The minimum absolute atomic E-state index is 0.0192. The summed E-state index contributed by atoms with van der Waals surface area (Å²) in [5.41, 5.74) is 3.39. The third kappa shape index (κ3) is 2.42. The van der Waals surface area contributed by atoms with Gasteiger partial charge >= 0.3 is 0 Å². The van der Waals surface area contributed by atoms with Crippen LogP contribution in [0.2, 0.25) is 0 Å². The summed E-state index contributed by atoms with van der Waals surface area (Å²) in [5.74, 6) is 0.0890. The Bertz CT molecular complexity index is 612. The van der Waals surface area contributed by atoms with Gasteiger partial charge in [-0.25, -0.2) is 0 Å². The Morgan fingerprint density at radius 2 is 2.05 bits per heavy atom. The molecule has 1 fully saturated rings. The summed E-state index contributed by atoms with van der Waals surface area (Å²) in [5, 5.41) is 3.02.